The van der Waals surface area contributed by atoms with E-state index in [9.17, 15) is 24.0 Å². The number of hydroxylamine groups is 1. The largest absolute Gasteiger partial charge is 0.481 e. The molecule has 15 nitrogen and oxygen atoms in total. The van der Waals surface area contributed by atoms with Crippen molar-refractivity contribution in [2.24, 2.45) is 5.73 Å². The highest BCUT2D eigenvalue weighted by molar-refractivity contribution is 5.98. The number of carbonyl (C=O) groups is 5. The normalized spacial score (nSPS) is 14.3. The van der Waals surface area contributed by atoms with E-state index in [1.807, 2.05) is 0 Å². The SMILES string of the molecule is CC(C)(N)[C@H](NC(=O)c1ccc(OCC#CC2=CCCC2)cc1)C(=O)NO.COC(=O)[C@@H](NC(=O)c1ccc(OCC#CC2=CCCC2)cc1)C(C)(C)NC(=O)OC(C)(C)C. The molecule has 0 fully saturated rings. The summed E-state index contributed by atoms with van der Waals surface area (Å²) in [7, 11) is 1.21. The van der Waals surface area contributed by atoms with Gasteiger partial charge >= 0.3 is 12.1 Å². The van der Waals surface area contributed by atoms with Crippen LogP contribution in [0.3, 0.4) is 0 Å². The first-order valence-corrected chi connectivity index (χ1v) is 20.0. The number of rotatable bonds is 13. The van der Waals surface area contributed by atoms with E-state index < -0.39 is 58.5 Å². The summed E-state index contributed by atoms with van der Waals surface area (Å²) in [6, 6.07) is 10.7. The third-order valence-electron chi connectivity index (χ3n) is 9.08. The predicted molar refractivity (Wildman–Crippen MR) is 229 cm³/mol. The first kappa shape index (κ1) is 49.1. The van der Waals surface area contributed by atoms with Crippen molar-refractivity contribution in [2.75, 3.05) is 20.3 Å². The van der Waals surface area contributed by atoms with Gasteiger partial charge in [0.1, 0.15) is 42.4 Å². The molecule has 0 heterocycles. The van der Waals surface area contributed by atoms with Gasteiger partial charge in [-0.15, -0.1) is 0 Å². The highest BCUT2D eigenvalue weighted by Crippen LogP contribution is 2.19. The molecule has 0 bridgehead atoms. The summed E-state index contributed by atoms with van der Waals surface area (Å²) in [4.78, 5) is 61.6. The van der Waals surface area contributed by atoms with Crippen molar-refractivity contribution in [3.8, 4) is 35.2 Å². The number of nitrogens with two attached hydrogens (primary N) is 1. The summed E-state index contributed by atoms with van der Waals surface area (Å²) in [5.74, 6) is 10.8. The first-order chi connectivity index (χ1) is 28.7. The van der Waals surface area contributed by atoms with Crippen LogP contribution in [-0.2, 0) is 19.1 Å². The summed E-state index contributed by atoms with van der Waals surface area (Å²) >= 11 is 0. The summed E-state index contributed by atoms with van der Waals surface area (Å²) in [5, 5.41) is 16.6. The molecule has 4 amide bonds. The molecule has 0 saturated carbocycles. The molecule has 0 aliphatic heterocycles. The van der Waals surface area contributed by atoms with E-state index >= 15 is 0 Å². The second-order valence-corrected chi connectivity index (χ2v) is 16.5. The van der Waals surface area contributed by atoms with Gasteiger partial charge in [-0.05, 0) is 147 Å². The molecule has 2 aromatic carbocycles. The van der Waals surface area contributed by atoms with Gasteiger partial charge in [-0.25, -0.2) is 15.1 Å². The number of benzene rings is 2. The Labute approximate surface area is 358 Å². The van der Waals surface area contributed by atoms with Gasteiger partial charge in [0.15, 0.2) is 0 Å². The van der Waals surface area contributed by atoms with E-state index in [1.165, 1.54) is 12.6 Å². The van der Waals surface area contributed by atoms with Crippen LogP contribution < -0.4 is 36.6 Å². The zero-order valence-corrected chi connectivity index (χ0v) is 36.3. The highest BCUT2D eigenvalue weighted by atomic mass is 16.6. The minimum atomic E-state index is -1.19. The average Bonchev–Trinajstić information content (AvgIpc) is 3.93. The number of allylic oxidation sites excluding steroid dienone is 4. The Morgan fingerprint density at radius 2 is 1.16 bits per heavy atom. The van der Waals surface area contributed by atoms with Gasteiger partial charge in [-0.2, -0.15) is 0 Å². The molecule has 15 heteroatoms. The van der Waals surface area contributed by atoms with Crippen LogP contribution in [0.4, 0.5) is 4.79 Å². The number of hydrogen-bond donors (Lipinski definition) is 6. The van der Waals surface area contributed by atoms with Crippen molar-refractivity contribution in [1.29, 1.82) is 0 Å². The van der Waals surface area contributed by atoms with Gasteiger partial charge in [0.25, 0.3) is 17.7 Å². The molecular weight excluding hydrogens is 783 g/mol. The molecule has 0 radical (unpaired) electrons. The summed E-state index contributed by atoms with van der Waals surface area (Å²) in [5.41, 5.74) is 7.42. The van der Waals surface area contributed by atoms with Crippen molar-refractivity contribution in [3.05, 3.63) is 83.0 Å². The van der Waals surface area contributed by atoms with Crippen LogP contribution in [-0.4, -0.2) is 84.1 Å². The van der Waals surface area contributed by atoms with E-state index in [1.54, 1.807) is 97.0 Å². The van der Waals surface area contributed by atoms with E-state index in [0.29, 0.717) is 22.6 Å². The molecular formula is C46H59N5O10. The van der Waals surface area contributed by atoms with Crippen LogP contribution in [0.2, 0.25) is 0 Å². The quantitative estimate of drug-likeness (QED) is 0.0661. The van der Waals surface area contributed by atoms with Crippen LogP contribution >= 0.6 is 0 Å². The molecule has 2 aromatic rings. The van der Waals surface area contributed by atoms with Crippen molar-refractivity contribution in [1.82, 2.24) is 21.4 Å². The van der Waals surface area contributed by atoms with Crippen LogP contribution in [0.15, 0.2) is 71.8 Å². The number of ether oxygens (including phenoxy) is 4. The van der Waals surface area contributed by atoms with Crippen molar-refractivity contribution in [2.45, 2.75) is 116 Å². The highest BCUT2D eigenvalue weighted by Gasteiger charge is 2.40. The lowest BCUT2D eigenvalue weighted by Crippen LogP contribution is -2.62. The molecule has 2 aliphatic carbocycles. The molecule has 0 aromatic heterocycles. The zero-order valence-electron chi connectivity index (χ0n) is 36.3. The molecule has 0 unspecified atom stereocenters. The van der Waals surface area contributed by atoms with Crippen molar-refractivity contribution < 1.29 is 48.1 Å². The monoisotopic (exact) mass is 841 g/mol. The van der Waals surface area contributed by atoms with Gasteiger partial charge in [0.2, 0.25) is 0 Å². The number of amides is 4. The molecule has 61 heavy (non-hydrogen) atoms. The standard InChI is InChI=1S/C26H34N2O6.C20H25N3O4/c1-25(2,3)34-24(31)28-26(4,5)21(23(30)32-6)27-22(29)19-13-15-20(16-14-19)33-17-9-12-18-10-7-8-11-18;1-20(2,21)17(19(25)23-26)22-18(24)15-9-11-16(12-10-15)27-13-5-8-14-6-3-4-7-14/h10,13-16,21H,7-8,11,17H2,1-6H3,(H,27,29)(H,28,31);6,9-12,17,26H,3-4,7,13,21H2,1-2H3,(H,22,24)(H,23,25)/t21-;17-/m11/s1. The van der Waals surface area contributed by atoms with Gasteiger partial charge in [0, 0.05) is 16.7 Å². The Hall–Kier alpha value is -6.29. The van der Waals surface area contributed by atoms with Gasteiger partial charge in [-0.3, -0.25) is 19.6 Å². The number of hydrogen-bond acceptors (Lipinski definition) is 11. The van der Waals surface area contributed by atoms with Crippen LogP contribution in [0.25, 0.3) is 0 Å². The number of carbonyl (C=O) groups excluding carboxylic acids is 5. The minimum absolute atomic E-state index is 0.248. The Morgan fingerprint density at radius 1 is 0.721 bits per heavy atom. The Balaban J connectivity index is 0.000000334. The second-order valence-electron chi connectivity index (χ2n) is 16.5. The first-order valence-electron chi connectivity index (χ1n) is 20.0. The van der Waals surface area contributed by atoms with E-state index in [0.717, 1.165) is 49.7 Å². The number of methoxy groups -OCH3 is 1. The Kier molecular flexibility index (Phi) is 18.4. The number of alkyl carbamates (subject to hydrolysis) is 1. The van der Waals surface area contributed by atoms with Crippen LogP contribution in [0.5, 0.6) is 11.5 Å². The number of esters is 1. The fraction of sp³-hybridized carbons (Fsp3) is 0.457. The van der Waals surface area contributed by atoms with Gasteiger partial charge in [-0.1, -0.05) is 35.8 Å². The van der Waals surface area contributed by atoms with Gasteiger partial charge in [0.05, 0.1) is 12.6 Å². The number of nitrogens with one attached hydrogen (secondary N) is 4. The van der Waals surface area contributed by atoms with E-state index in [4.69, 9.17) is 29.9 Å². The molecule has 2 aliphatic rings. The maximum Gasteiger partial charge on any atom is 0.408 e. The lowest BCUT2D eigenvalue weighted by Gasteiger charge is -2.34. The lowest BCUT2D eigenvalue weighted by atomic mass is 9.94. The maximum atomic E-state index is 12.8. The molecule has 4 rings (SSSR count). The summed E-state index contributed by atoms with van der Waals surface area (Å²) in [6.45, 7) is 12.0. The lowest BCUT2D eigenvalue weighted by molar-refractivity contribution is -0.144. The third kappa shape index (κ3) is 17.1. The Morgan fingerprint density at radius 3 is 1.52 bits per heavy atom. The third-order valence-corrected chi connectivity index (χ3v) is 9.08. The molecule has 328 valence electrons. The summed E-state index contributed by atoms with van der Waals surface area (Å²) < 4.78 is 21.3. The van der Waals surface area contributed by atoms with Crippen LogP contribution in [0, 0.1) is 23.7 Å². The molecule has 2 atom stereocenters. The fourth-order valence-corrected chi connectivity index (χ4v) is 5.89. The maximum absolute atomic E-state index is 12.8. The summed E-state index contributed by atoms with van der Waals surface area (Å²) in [6.07, 6.45) is 10.1. The Bertz CT molecular complexity index is 2040. The molecule has 7 N–H and O–H groups in total. The van der Waals surface area contributed by atoms with E-state index in [-0.39, 0.29) is 13.2 Å². The van der Waals surface area contributed by atoms with E-state index in [2.05, 4.69) is 51.8 Å². The predicted octanol–water partition coefficient (Wildman–Crippen LogP) is 5.27. The molecule has 0 spiro atoms. The smallest absolute Gasteiger partial charge is 0.408 e. The van der Waals surface area contributed by atoms with Crippen molar-refractivity contribution >= 4 is 29.8 Å². The average molecular weight is 842 g/mol. The van der Waals surface area contributed by atoms with Gasteiger partial charge < -0.3 is 40.6 Å². The molecule has 0 saturated heterocycles. The topological polar surface area (TPSA) is 217 Å². The second kappa shape index (κ2) is 22.9. The van der Waals surface area contributed by atoms with Crippen LogP contribution in [0.1, 0.15) is 108 Å². The van der Waals surface area contributed by atoms with Crippen molar-refractivity contribution in [3.63, 3.8) is 0 Å². The zero-order chi connectivity index (χ0) is 45.2. The minimum Gasteiger partial charge on any atom is -0.481 e. The fourth-order valence-electron chi connectivity index (χ4n) is 5.89.